The molecule has 4 aliphatic rings. The van der Waals surface area contributed by atoms with Crippen LogP contribution >= 0.6 is 34.8 Å². The van der Waals surface area contributed by atoms with Gasteiger partial charge in [-0.05, 0) is 43.2 Å². The molecule has 0 aromatic heterocycles. The fourth-order valence-corrected chi connectivity index (χ4v) is 6.05. The minimum atomic E-state index is -1.58. The minimum Gasteiger partial charge on any atom is -0.344 e. The van der Waals surface area contributed by atoms with Gasteiger partial charge in [-0.25, -0.2) is 0 Å². The van der Waals surface area contributed by atoms with E-state index in [1.807, 2.05) is 12.1 Å². The molecule has 4 fully saturated rings. The van der Waals surface area contributed by atoms with Crippen molar-refractivity contribution in [1.29, 1.82) is 0 Å². The van der Waals surface area contributed by atoms with Gasteiger partial charge in [0.1, 0.15) is 0 Å². The summed E-state index contributed by atoms with van der Waals surface area (Å²) < 4.78 is 4.96. The summed E-state index contributed by atoms with van der Waals surface area (Å²) in [5.74, 6) is 1.40. The summed E-state index contributed by atoms with van der Waals surface area (Å²) >= 11 is 18.9. The number of fused-ring (bicyclic) bond motifs is 6. The van der Waals surface area contributed by atoms with E-state index in [2.05, 4.69) is 0 Å². The van der Waals surface area contributed by atoms with Crippen molar-refractivity contribution in [3.8, 4) is 0 Å². The number of carbonyl (C=O) groups is 1. The number of ether oxygens (including phenoxy) is 1. The molecular weight excluding hydrogens is 357 g/mol. The van der Waals surface area contributed by atoms with Crippen molar-refractivity contribution in [1.82, 2.24) is 4.90 Å². The van der Waals surface area contributed by atoms with Crippen molar-refractivity contribution >= 4 is 40.7 Å². The molecule has 0 unspecified atom stereocenters. The van der Waals surface area contributed by atoms with Crippen molar-refractivity contribution in [3.63, 3.8) is 0 Å². The van der Waals surface area contributed by atoms with Crippen LogP contribution in [0.2, 0.25) is 5.02 Å². The zero-order chi connectivity index (χ0) is 16.0. The molecule has 6 heteroatoms. The molecule has 1 amide bonds. The van der Waals surface area contributed by atoms with Crippen LogP contribution in [0.25, 0.3) is 0 Å². The molecule has 0 N–H and O–H groups in total. The van der Waals surface area contributed by atoms with Crippen LogP contribution in [-0.2, 0) is 15.3 Å². The number of halogens is 3. The zero-order valence-electron chi connectivity index (χ0n) is 12.3. The van der Waals surface area contributed by atoms with Crippen LogP contribution < -0.4 is 0 Å². The second kappa shape index (κ2) is 4.57. The summed E-state index contributed by atoms with van der Waals surface area (Å²) in [7, 11) is 0. The fourth-order valence-electron chi connectivity index (χ4n) is 5.21. The third-order valence-electron chi connectivity index (χ3n) is 6.26. The Hall–Kier alpha value is -0.480. The first kappa shape index (κ1) is 14.8. The number of carbonyl (C=O) groups excluding carboxylic acids is 1. The maximum atomic E-state index is 12.5. The number of β-lactam (4-membered cyclic amide) rings is 1. The number of amides is 1. The van der Waals surface area contributed by atoms with Crippen molar-refractivity contribution in [3.05, 3.63) is 34.9 Å². The van der Waals surface area contributed by atoms with E-state index >= 15 is 0 Å². The van der Waals surface area contributed by atoms with Crippen LogP contribution in [0.4, 0.5) is 0 Å². The predicted octanol–water partition coefficient (Wildman–Crippen LogP) is 3.95. The summed E-state index contributed by atoms with van der Waals surface area (Å²) in [6.45, 7) is 0.689. The smallest absolute Gasteiger partial charge is 0.267 e. The Bertz CT molecular complexity index is 692. The van der Waals surface area contributed by atoms with E-state index in [1.165, 1.54) is 19.3 Å². The third-order valence-corrected chi connectivity index (χ3v) is 7.35. The molecule has 2 heterocycles. The van der Waals surface area contributed by atoms with Gasteiger partial charge < -0.3 is 9.64 Å². The summed E-state index contributed by atoms with van der Waals surface area (Å²) in [6.07, 6.45) is 3.79. The Morgan fingerprint density at radius 1 is 1.13 bits per heavy atom. The van der Waals surface area contributed by atoms with Gasteiger partial charge in [-0.2, -0.15) is 0 Å². The van der Waals surface area contributed by atoms with Gasteiger partial charge in [0.05, 0.1) is 6.10 Å². The van der Waals surface area contributed by atoms with Gasteiger partial charge in [0, 0.05) is 23.0 Å². The normalized spacial score (nSPS) is 43.1. The van der Waals surface area contributed by atoms with Gasteiger partial charge >= 0.3 is 0 Å². The van der Waals surface area contributed by atoms with Crippen molar-refractivity contribution < 1.29 is 9.53 Å². The van der Waals surface area contributed by atoms with E-state index in [4.69, 9.17) is 39.5 Å². The molecule has 0 radical (unpaired) electrons. The second-order valence-corrected chi connectivity index (χ2v) is 8.98. The molecule has 122 valence electrons. The number of nitrogens with zero attached hydrogens (tertiary/aromatic N) is 1. The van der Waals surface area contributed by atoms with Crippen LogP contribution in [0, 0.1) is 17.8 Å². The average Bonchev–Trinajstić information content (AvgIpc) is 3.15. The summed E-state index contributed by atoms with van der Waals surface area (Å²) in [5, 5.41) is 0.630. The molecule has 0 spiro atoms. The number of alkyl halides is 2. The number of benzene rings is 1. The lowest BCUT2D eigenvalue weighted by atomic mass is 9.78. The topological polar surface area (TPSA) is 29.5 Å². The molecule has 1 aromatic rings. The highest BCUT2D eigenvalue weighted by Gasteiger charge is 2.76. The van der Waals surface area contributed by atoms with Crippen LogP contribution in [0.1, 0.15) is 24.8 Å². The van der Waals surface area contributed by atoms with Gasteiger partial charge in [0.15, 0.2) is 0 Å². The minimum absolute atomic E-state index is 0.144. The molecule has 2 aliphatic heterocycles. The van der Waals surface area contributed by atoms with E-state index < -0.39 is 10.1 Å². The highest BCUT2D eigenvalue weighted by molar-refractivity contribution is 6.61. The highest BCUT2D eigenvalue weighted by atomic mass is 35.5. The number of hydrogen-bond acceptors (Lipinski definition) is 2. The van der Waals surface area contributed by atoms with E-state index in [0.29, 0.717) is 29.3 Å². The first-order valence-electron chi connectivity index (χ1n) is 8.09. The molecule has 5 atom stereocenters. The van der Waals surface area contributed by atoms with Crippen molar-refractivity contribution in [2.24, 2.45) is 17.8 Å². The molecule has 1 aromatic carbocycles. The van der Waals surface area contributed by atoms with Gasteiger partial charge in [0.2, 0.25) is 10.1 Å². The molecule has 3 nitrogen and oxygen atoms in total. The SMILES string of the molecule is O=C1N2C[C@@H]3[C@H]4CC[C@H](C4)[C@@H]3O[C@@]2(c2ccc(Cl)cc2)C1(Cl)Cl. The largest absolute Gasteiger partial charge is 0.344 e. The Morgan fingerprint density at radius 2 is 1.83 bits per heavy atom. The van der Waals surface area contributed by atoms with Crippen LogP contribution in [0.5, 0.6) is 0 Å². The van der Waals surface area contributed by atoms with E-state index in [9.17, 15) is 4.79 Å². The van der Waals surface area contributed by atoms with E-state index in [1.54, 1.807) is 17.0 Å². The Kier molecular flexibility index (Phi) is 2.95. The quantitative estimate of drug-likeness (QED) is 0.552. The lowest BCUT2D eigenvalue weighted by molar-refractivity contribution is -0.290. The second-order valence-electron chi connectivity index (χ2n) is 7.22. The molecule has 5 rings (SSSR count). The van der Waals surface area contributed by atoms with Gasteiger partial charge in [0.25, 0.3) is 5.91 Å². The first-order valence-corrected chi connectivity index (χ1v) is 9.22. The molecule has 23 heavy (non-hydrogen) atoms. The van der Waals surface area contributed by atoms with Crippen LogP contribution in [0.15, 0.2) is 24.3 Å². The average molecular weight is 373 g/mol. The maximum absolute atomic E-state index is 12.5. The number of hydrogen-bond donors (Lipinski definition) is 0. The summed E-state index contributed by atoms with van der Waals surface area (Å²) in [4.78, 5) is 14.2. The maximum Gasteiger partial charge on any atom is 0.267 e. The molecule has 2 bridgehead atoms. The molecule has 2 saturated heterocycles. The summed E-state index contributed by atoms with van der Waals surface area (Å²) in [5.41, 5.74) is -0.281. The lowest BCUT2D eigenvalue weighted by Crippen LogP contribution is -2.80. The fraction of sp³-hybridized carbons (Fsp3) is 0.588. The molecule has 2 aliphatic carbocycles. The number of rotatable bonds is 1. The Balaban J connectivity index is 1.61. The van der Waals surface area contributed by atoms with Gasteiger partial charge in [-0.3, -0.25) is 4.79 Å². The Labute approximate surface area is 149 Å². The van der Waals surface area contributed by atoms with Crippen molar-refractivity contribution in [2.75, 3.05) is 6.54 Å². The van der Waals surface area contributed by atoms with E-state index in [0.717, 1.165) is 5.56 Å². The molecule has 2 saturated carbocycles. The van der Waals surface area contributed by atoms with E-state index in [-0.39, 0.29) is 12.0 Å². The van der Waals surface area contributed by atoms with Crippen LogP contribution in [-0.4, -0.2) is 27.8 Å². The van der Waals surface area contributed by atoms with Gasteiger partial charge in [-0.15, -0.1) is 0 Å². The first-order chi connectivity index (χ1) is 10.9. The molecular formula is C17H16Cl3NO2. The summed E-state index contributed by atoms with van der Waals surface area (Å²) in [6, 6.07) is 7.28. The predicted molar refractivity (Wildman–Crippen MR) is 88.5 cm³/mol. The standard InChI is InChI=1S/C17H16Cl3NO2/c18-12-5-3-11(4-6-12)17-16(19,20)15(22)21(17)8-13-9-1-2-10(7-9)14(13)23-17/h3-6,9-10,13-14H,1-2,7-8H2/t9-,10+,13+,14-,17-/m0/s1. The van der Waals surface area contributed by atoms with Crippen LogP contribution in [0.3, 0.4) is 0 Å². The zero-order valence-corrected chi connectivity index (χ0v) is 14.6. The highest BCUT2D eigenvalue weighted by Crippen LogP contribution is 2.64. The van der Waals surface area contributed by atoms with Crippen molar-refractivity contribution in [2.45, 2.75) is 35.4 Å². The monoisotopic (exact) mass is 371 g/mol. The lowest BCUT2D eigenvalue weighted by Gasteiger charge is -2.64. The third kappa shape index (κ3) is 1.65. The van der Waals surface area contributed by atoms with Gasteiger partial charge in [-0.1, -0.05) is 46.9 Å². The Morgan fingerprint density at radius 3 is 2.57 bits per heavy atom.